The summed E-state index contributed by atoms with van der Waals surface area (Å²) >= 11 is 0. The molecule has 0 saturated carbocycles. The van der Waals surface area contributed by atoms with Gasteiger partial charge < -0.3 is 8.85 Å². The largest absolute Gasteiger partial charge is 0.394 e. The van der Waals surface area contributed by atoms with E-state index in [0.717, 1.165) is 18.7 Å². The Hall–Kier alpha value is 0.137. The van der Waals surface area contributed by atoms with Crippen LogP contribution in [0.4, 0.5) is 0 Å². The molecule has 2 nitrogen and oxygen atoms in total. The number of rotatable bonds is 15. The summed E-state index contributed by atoms with van der Waals surface area (Å²) in [6, 6.07) is 2.16. The lowest BCUT2D eigenvalue weighted by atomic mass is 10.1. The summed E-state index contributed by atoms with van der Waals surface area (Å²) in [6.07, 6.45) is 12.0. The second kappa shape index (κ2) is 13.8. The van der Waals surface area contributed by atoms with Crippen LogP contribution in [0.5, 0.6) is 0 Å². The van der Waals surface area contributed by atoms with Gasteiger partial charge in [-0.05, 0) is 31.9 Å². The van der Waals surface area contributed by atoms with Gasteiger partial charge in [0.2, 0.25) is 0 Å². The summed E-state index contributed by atoms with van der Waals surface area (Å²) in [7, 11) is -1.93. The molecular weight excluding hydrogens is 276 g/mol. The molecule has 21 heavy (non-hydrogen) atoms. The fourth-order valence-corrected chi connectivity index (χ4v) is 5.39. The molecule has 0 N–H and O–H groups in total. The van der Waals surface area contributed by atoms with E-state index in [9.17, 15) is 0 Å². The van der Waals surface area contributed by atoms with E-state index in [-0.39, 0.29) is 0 Å². The maximum atomic E-state index is 6.40. The summed E-state index contributed by atoms with van der Waals surface area (Å²) in [4.78, 5) is 0. The van der Waals surface area contributed by atoms with E-state index in [2.05, 4.69) is 34.6 Å². The van der Waals surface area contributed by atoms with Crippen molar-refractivity contribution < 1.29 is 8.85 Å². The van der Waals surface area contributed by atoms with Crippen LogP contribution in [0.15, 0.2) is 0 Å². The van der Waals surface area contributed by atoms with Gasteiger partial charge in [0.15, 0.2) is 0 Å². The lowest BCUT2D eigenvalue weighted by Crippen LogP contribution is -2.43. The molecule has 0 aliphatic carbocycles. The average molecular weight is 317 g/mol. The maximum absolute atomic E-state index is 6.40. The molecule has 1 atom stereocenters. The first-order valence-corrected chi connectivity index (χ1v) is 11.7. The molecule has 0 fully saturated rings. The standard InChI is InChI=1S/C18H40O2Si/c1-6-10-12-13-14-15-17-19-21(8-3,9-4)20-18(5)16-11-7-2/h18H,6-17H2,1-5H3. The van der Waals surface area contributed by atoms with Crippen LogP contribution in [0, 0.1) is 0 Å². The van der Waals surface area contributed by atoms with Crippen molar-refractivity contribution in [3.05, 3.63) is 0 Å². The second-order valence-corrected chi connectivity index (χ2v) is 10.1. The Morgan fingerprint density at radius 2 is 1.33 bits per heavy atom. The van der Waals surface area contributed by atoms with Crippen molar-refractivity contribution in [1.29, 1.82) is 0 Å². The molecule has 1 unspecified atom stereocenters. The van der Waals surface area contributed by atoms with Crippen molar-refractivity contribution in [2.24, 2.45) is 0 Å². The summed E-state index contributed by atoms with van der Waals surface area (Å²) in [5, 5.41) is 0. The number of unbranched alkanes of at least 4 members (excludes halogenated alkanes) is 6. The van der Waals surface area contributed by atoms with Gasteiger partial charge in [0.25, 0.3) is 0 Å². The van der Waals surface area contributed by atoms with Crippen molar-refractivity contribution in [1.82, 2.24) is 0 Å². The SMILES string of the molecule is CCCCCCCCO[Si](CC)(CC)OC(C)CCCC. The lowest BCUT2D eigenvalue weighted by Gasteiger charge is -2.32. The first kappa shape index (κ1) is 21.1. The molecule has 0 bridgehead atoms. The van der Waals surface area contributed by atoms with Crippen LogP contribution < -0.4 is 0 Å². The molecule has 0 aromatic rings. The second-order valence-electron chi connectivity index (χ2n) is 6.30. The molecule has 128 valence electrons. The van der Waals surface area contributed by atoms with Gasteiger partial charge in [-0.3, -0.25) is 0 Å². The Morgan fingerprint density at radius 1 is 0.762 bits per heavy atom. The summed E-state index contributed by atoms with van der Waals surface area (Å²) in [5.41, 5.74) is 0. The van der Waals surface area contributed by atoms with Crippen LogP contribution >= 0.6 is 0 Å². The van der Waals surface area contributed by atoms with Gasteiger partial charge in [-0.2, -0.15) is 0 Å². The van der Waals surface area contributed by atoms with E-state index in [1.165, 1.54) is 57.8 Å². The Balaban J connectivity index is 3.97. The van der Waals surface area contributed by atoms with E-state index < -0.39 is 8.56 Å². The highest BCUT2D eigenvalue weighted by Gasteiger charge is 2.35. The predicted octanol–water partition coefficient (Wildman–Crippen LogP) is 6.44. The quantitative estimate of drug-likeness (QED) is 0.255. The number of hydrogen-bond donors (Lipinski definition) is 0. The van der Waals surface area contributed by atoms with Crippen molar-refractivity contribution in [3.8, 4) is 0 Å². The molecule has 0 spiro atoms. The fraction of sp³-hybridized carbons (Fsp3) is 1.00. The molecule has 0 rings (SSSR count). The minimum absolute atomic E-state index is 0.362. The molecule has 3 heteroatoms. The van der Waals surface area contributed by atoms with Gasteiger partial charge in [0.05, 0.1) is 0 Å². The first-order chi connectivity index (χ1) is 10.1. The van der Waals surface area contributed by atoms with Crippen LogP contribution in [0.2, 0.25) is 12.1 Å². The van der Waals surface area contributed by atoms with Crippen LogP contribution in [0.3, 0.4) is 0 Å². The van der Waals surface area contributed by atoms with E-state index in [0.29, 0.717) is 6.10 Å². The lowest BCUT2D eigenvalue weighted by molar-refractivity contribution is 0.114. The van der Waals surface area contributed by atoms with Crippen molar-refractivity contribution in [2.75, 3.05) is 6.61 Å². The van der Waals surface area contributed by atoms with E-state index in [1.54, 1.807) is 0 Å². The van der Waals surface area contributed by atoms with Gasteiger partial charge in [-0.15, -0.1) is 0 Å². The van der Waals surface area contributed by atoms with Crippen LogP contribution in [-0.4, -0.2) is 21.3 Å². The normalized spacial score (nSPS) is 13.6. The molecule has 0 heterocycles. The summed E-state index contributed by atoms with van der Waals surface area (Å²) in [6.45, 7) is 12.1. The Bertz CT molecular complexity index is 217. The van der Waals surface area contributed by atoms with E-state index >= 15 is 0 Å². The smallest absolute Gasteiger partial charge is 0.337 e. The molecule has 0 aliphatic heterocycles. The highest BCUT2D eigenvalue weighted by atomic mass is 28.4. The molecule has 0 saturated heterocycles. The van der Waals surface area contributed by atoms with Gasteiger partial charge >= 0.3 is 8.56 Å². The third-order valence-corrected chi connectivity index (χ3v) is 8.04. The van der Waals surface area contributed by atoms with Crippen molar-refractivity contribution in [2.45, 2.75) is 111 Å². The molecule has 0 amide bonds. The molecule has 0 aromatic heterocycles. The number of hydrogen-bond acceptors (Lipinski definition) is 2. The van der Waals surface area contributed by atoms with E-state index in [1.807, 2.05) is 0 Å². The highest BCUT2D eigenvalue weighted by molar-refractivity contribution is 6.67. The van der Waals surface area contributed by atoms with Gasteiger partial charge in [-0.25, -0.2) is 0 Å². The molecular formula is C18H40O2Si. The summed E-state index contributed by atoms with van der Waals surface area (Å²) < 4.78 is 12.7. The third kappa shape index (κ3) is 10.5. The topological polar surface area (TPSA) is 18.5 Å². The zero-order chi connectivity index (χ0) is 16.0. The van der Waals surface area contributed by atoms with Gasteiger partial charge in [-0.1, -0.05) is 72.6 Å². The molecule has 0 aromatic carbocycles. The zero-order valence-corrected chi connectivity index (χ0v) is 16.4. The third-order valence-electron chi connectivity index (χ3n) is 4.32. The van der Waals surface area contributed by atoms with Crippen LogP contribution in [0.1, 0.15) is 92.4 Å². The molecule has 0 radical (unpaired) electrons. The Labute approximate surface area is 135 Å². The van der Waals surface area contributed by atoms with Crippen LogP contribution in [-0.2, 0) is 8.85 Å². The Morgan fingerprint density at radius 3 is 1.90 bits per heavy atom. The maximum Gasteiger partial charge on any atom is 0.337 e. The minimum atomic E-state index is -1.93. The van der Waals surface area contributed by atoms with Crippen molar-refractivity contribution >= 4 is 8.56 Å². The molecule has 0 aliphatic rings. The fourth-order valence-electron chi connectivity index (χ4n) is 2.71. The van der Waals surface area contributed by atoms with Crippen molar-refractivity contribution in [3.63, 3.8) is 0 Å². The average Bonchev–Trinajstić information content (AvgIpc) is 2.51. The first-order valence-electron chi connectivity index (χ1n) is 9.45. The summed E-state index contributed by atoms with van der Waals surface area (Å²) in [5.74, 6) is 0. The van der Waals surface area contributed by atoms with Gasteiger partial charge in [0, 0.05) is 12.7 Å². The predicted molar refractivity (Wildman–Crippen MR) is 96.1 cm³/mol. The minimum Gasteiger partial charge on any atom is -0.394 e. The van der Waals surface area contributed by atoms with Crippen LogP contribution in [0.25, 0.3) is 0 Å². The zero-order valence-electron chi connectivity index (χ0n) is 15.4. The van der Waals surface area contributed by atoms with Gasteiger partial charge in [0.1, 0.15) is 0 Å². The highest BCUT2D eigenvalue weighted by Crippen LogP contribution is 2.23. The van der Waals surface area contributed by atoms with E-state index in [4.69, 9.17) is 8.85 Å². The Kier molecular flexibility index (Phi) is 13.9. The monoisotopic (exact) mass is 316 g/mol.